The summed E-state index contributed by atoms with van der Waals surface area (Å²) in [7, 11) is 0. The molecule has 0 aromatic heterocycles. The minimum absolute atomic E-state index is 0.0700. The molecule has 0 amide bonds. The lowest BCUT2D eigenvalue weighted by Gasteiger charge is -2.14. The number of carbonyl (C=O) groups is 1. The summed E-state index contributed by atoms with van der Waals surface area (Å²) >= 11 is 0. The third-order valence-corrected chi connectivity index (χ3v) is 2.51. The third kappa shape index (κ3) is 2.96. The zero-order valence-corrected chi connectivity index (χ0v) is 8.51. The van der Waals surface area contributed by atoms with E-state index < -0.39 is 0 Å². The number of allylic oxidation sites excluding steroid dienone is 1. The molecule has 2 heteroatoms. The summed E-state index contributed by atoms with van der Waals surface area (Å²) in [4.78, 5) is 11.5. The molecule has 1 rings (SSSR count). The molecule has 13 heavy (non-hydrogen) atoms. The zero-order chi connectivity index (χ0) is 9.84. The summed E-state index contributed by atoms with van der Waals surface area (Å²) in [5, 5.41) is 0. The maximum atomic E-state index is 11.5. The normalized spacial score (nSPS) is 24.3. The second-order valence-corrected chi connectivity index (χ2v) is 3.92. The van der Waals surface area contributed by atoms with Crippen LogP contribution in [0.3, 0.4) is 0 Å². The Hall–Kier alpha value is -0.630. The van der Waals surface area contributed by atoms with Gasteiger partial charge in [0.2, 0.25) is 0 Å². The zero-order valence-electron chi connectivity index (χ0n) is 8.51. The van der Waals surface area contributed by atoms with Crippen molar-refractivity contribution in [3.8, 4) is 0 Å². The lowest BCUT2D eigenvalue weighted by atomic mass is 9.94. The van der Waals surface area contributed by atoms with Crippen LogP contribution in [0.1, 0.15) is 33.1 Å². The van der Waals surface area contributed by atoms with Crippen molar-refractivity contribution in [2.45, 2.75) is 39.2 Å². The van der Waals surface area contributed by atoms with E-state index in [-0.39, 0.29) is 11.7 Å². The highest BCUT2D eigenvalue weighted by molar-refractivity contribution is 5.95. The van der Waals surface area contributed by atoms with E-state index in [1.54, 1.807) is 6.92 Å². The Balaban J connectivity index is 2.35. The molecule has 74 valence electrons. The predicted octanol–water partition coefficient (Wildman–Crippen LogP) is 2.34. The van der Waals surface area contributed by atoms with Gasteiger partial charge in [-0.05, 0) is 31.8 Å². The Morgan fingerprint density at radius 1 is 1.69 bits per heavy atom. The van der Waals surface area contributed by atoms with Gasteiger partial charge in [0, 0.05) is 12.5 Å². The summed E-state index contributed by atoms with van der Waals surface area (Å²) in [5.41, 5.74) is 0.658. The van der Waals surface area contributed by atoms with Crippen LogP contribution in [0.2, 0.25) is 0 Å². The fourth-order valence-corrected chi connectivity index (χ4v) is 1.75. The molecule has 0 saturated carbocycles. The van der Waals surface area contributed by atoms with Crippen LogP contribution in [-0.2, 0) is 9.53 Å². The van der Waals surface area contributed by atoms with Crippen molar-refractivity contribution >= 4 is 5.78 Å². The first kappa shape index (κ1) is 10.5. The number of ether oxygens (including phenoxy) is 1. The topological polar surface area (TPSA) is 26.3 Å². The Labute approximate surface area is 80.0 Å². The van der Waals surface area contributed by atoms with E-state index >= 15 is 0 Å². The standard InChI is InChI=1S/C11H18O2/c1-8(2)11(12)9(3)7-10-5-4-6-13-10/h9-10H,1,4-7H2,2-3H3/t9-,10+/m0/s1. The van der Waals surface area contributed by atoms with Crippen molar-refractivity contribution in [3.63, 3.8) is 0 Å². The number of hydrogen-bond acceptors (Lipinski definition) is 2. The minimum Gasteiger partial charge on any atom is -0.378 e. The van der Waals surface area contributed by atoms with Crippen molar-refractivity contribution < 1.29 is 9.53 Å². The van der Waals surface area contributed by atoms with Gasteiger partial charge < -0.3 is 4.74 Å². The molecular weight excluding hydrogens is 164 g/mol. The first-order valence-electron chi connectivity index (χ1n) is 4.92. The van der Waals surface area contributed by atoms with Crippen molar-refractivity contribution in [3.05, 3.63) is 12.2 Å². The number of hydrogen-bond donors (Lipinski definition) is 0. The molecule has 2 nitrogen and oxygen atoms in total. The van der Waals surface area contributed by atoms with E-state index in [4.69, 9.17) is 4.74 Å². The molecule has 0 N–H and O–H groups in total. The largest absolute Gasteiger partial charge is 0.378 e. The van der Waals surface area contributed by atoms with Crippen LogP contribution in [0.25, 0.3) is 0 Å². The van der Waals surface area contributed by atoms with Crippen molar-refractivity contribution in [1.29, 1.82) is 0 Å². The van der Waals surface area contributed by atoms with Gasteiger partial charge in [-0.3, -0.25) is 4.79 Å². The van der Waals surface area contributed by atoms with Gasteiger partial charge in [0.25, 0.3) is 0 Å². The van der Waals surface area contributed by atoms with Gasteiger partial charge in [0.05, 0.1) is 6.10 Å². The third-order valence-electron chi connectivity index (χ3n) is 2.51. The van der Waals surface area contributed by atoms with Crippen molar-refractivity contribution in [2.24, 2.45) is 5.92 Å². The predicted molar refractivity (Wildman–Crippen MR) is 52.6 cm³/mol. The molecule has 1 heterocycles. The lowest BCUT2D eigenvalue weighted by Crippen LogP contribution is -2.18. The quantitative estimate of drug-likeness (QED) is 0.624. The maximum absolute atomic E-state index is 11.5. The average molecular weight is 182 g/mol. The van der Waals surface area contributed by atoms with E-state index in [0.29, 0.717) is 11.7 Å². The van der Waals surface area contributed by atoms with E-state index in [1.165, 1.54) is 0 Å². The van der Waals surface area contributed by atoms with Gasteiger partial charge in [-0.15, -0.1) is 0 Å². The molecule has 1 aliphatic heterocycles. The number of rotatable bonds is 4. The molecule has 0 aromatic carbocycles. The molecule has 1 saturated heterocycles. The molecule has 1 aliphatic rings. The number of carbonyl (C=O) groups excluding carboxylic acids is 1. The van der Waals surface area contributed by atoms with Gasteiger partial charge in [0.1, 0.15) is 0 Å². The molecule has 0 spiro atoms. The smallest absolute Gasteiger partial charge is 0.160 e. The van der Waals surface area contributed by atoms with Crippen molar-refractivity contribution in [1.82, 2.24) is 0 Å². The second-order valence-electron chi connectivity index (χ2n) is 3.92. The highest BCUT2D eigenvalue weighted by atomic mass is 16.5. The average Bonchev–Trinajstić information content (AvgIpc) is 2.55. The maximum Gasteiger partial charge on any atom is 0.160 e. The fraction of sp³-hybridized carbons (Fsp3) is 0.727. The summed E-state index contributed by atoms with van der Waals surface area (Å²) in [6, 6.07) is 0. The highest BCUT2D eigenvalue weighted by Gasteiger charge is 2.22. The van der Waals surface area contributed by atoms with Crippen molar-refractivity contribution in [2.75, 3.05) is 6.61 Å². The van der Waals surface area contributed by atoms with Crippen LogP contribution >= 0.6 is 0 Å². The Morgan fingerprint density at radius 3 is 2.85 bits per heavy atom. The molecular formula is C11H18O2. The van der Waals surface area contributed by atoms with Crippen LogP contribution in [0.15, 0.2) is 12.2 Å². The molecule has 0 radical (unpaired) electrons. The fourth-order valence-electron chi connectivity index (χ4n) is 1.75. The van der Waals surface area contributed by atoms with Crippen LogP contribution in [0, 0.1) is 5.92 Å². The first-order chi connectivity index (χ1) is 6.11. The van der Waals surface area contributed by atoms with E-state index in [9.17, 15) is 4.79 Å². The number of ketones is 1. The summed E-state index contributed by atoms with van der Waals surface area (Å²) < 4.78 is 5.47. The molecule has 1 fully saturated rings. The summed E-state index contributed by atoms with van der Waals surface area (Å²) in [5.74, 6) is 0.246. The van der Waals surface area contributed by atoms with Gasteiger partial charge in [-0.1, -0.05) is 13.5 Å². The minimum atomic E-state index is 0.0700. The first-order valence-corrected chi connectivity index (χ1v) is 4.92. The molecule has 0 unspecified atom stereocenters. The Kier molecular flexibility index (Phi) is 3.67. The highest BCUT2D eigenvalue weighted by Crippen LogP contribution is 2.21. The van der Waals surface area contributed by atoms with Gasteiger partial charge in [-0.25, -0.2) is 0 Å². The van der Waals surface area contributed by atoms with E-state index in [0.717, 1.165) is 25.9 Å². The van der Waals surface area contributed by atoms with Gasteiger partial charge >= 0.3 is 0 Å². The van der Waals surface area contributed by atoms with E-state index in [2.05, 4.69) is 6.58 Å². The second kappa shape index (κ2) is 4.56. The Morgan fingerprint density at radius 2 is 2.38 bits per heavy atom. The monoisotopic (exact) mass is 182 g/mol. The molecule has 0 aliphatic carbocycles. The SMILES string of the molecule is C=C(C)C(=O)[C@@H](C)C[C@H]1CCCO1. The van der Waals surface area contributed by atoms with Gasteiger partial charge in [0.15, 0.2) is 5.78 Å². The van der Waals surface area contributed by atoms with Crippen LogP contribution in [0.4, 0.5) is 0 Å². The molecule has 2 atom stereocenters. The van der Waals surface area contributed by atoms with Crippen LogP contribution in [0.5, 0.6) is 0 Å². The van der Waals surface area contributed by atoms with Crippen LogP contribution < -0.4 is 0 Å². The van der Waals surface area contributed by atoms with Crippen LogP contribution in [-0.4, -0.2) is 18.5 Å². The summed E-state index contributed by atoms with van der Waals surface area (Å²) in [6.07, 6.45) is 3.40. The van der Waals surface area contributed by atoms with Gasteiger partial charge in [-0.2, -0.15) is 0 Å². The lowest BCUT2D eigenvalue weighted by molar-refractivity contribution is -0.119. The van der Waals surface area contributed by atoms with E-state index in [1.807, 2.05) is 6.92 Å². The Bertz CT molecular complexity index is 202. The molecule has 0 bridgehead atoms. The number of Topliss-reactive ketones (excluding diaryl/α,β-unsaturated/α-hetero) is 1. The summed E-state index contributed by atoms with van der Waals surface area (Å²) in [6.45, 7) is 8.25. The molecule has 0 aromatic rings.